The third kappa shape index (κ3) is 4.43. The Morgan fingerprint density at radius 3 is 2.52 bits per heavy atom. The Hall–Kier alpha value is -2.14. The number of imidazole rings is 1. The molecule has 1 amide bonds. The van der Waals surface area contributed by atoms with E-state index in [2.05, 4.69) is 27.8 Å². The minimum absolute atomic E-state index is 0.0278. The largest absolute Gasteiger partial charge is 0.353 e. The summed E-state index contributed by atoms with van der Waals surface area (Å²) in [6, 6.07) is 8.14. The van der Waals surface area contributed by atoms with Crippen LogP contribution in [0.2, 0.25) is 0 Å². The molecule has 0 saturated heterocycles. The lowest BCUT2D eigenvalue weighted by Gasteiger charge is -2.16. The van der Waals surface area contributed by atoms with Gasteiger partial charge in [-0.25, -0.2) is 4.98 Å². The van der Waals surface area contributed by atoms with E-state index in [1.54, 1.807) is 12.5 Å². The summed E-state index contributed by atoms with van der Waals surface area (Å²) in [6.45, 7) is 6.45. The van der Waals surface area contributed by atoms with Gasteiger partial charge in [0.1, 0.15) is 0 Å². The van der Waals surface area contributed by atoms with Gasteiger partial charge in [0, 0.05) is 30.7 Å². The standard InChI is InChI=1S/C16H22N4O/c1-12(2)19-16(21)13(3)18-10-14-4-6-15(7-5-14)20-9-8-17-11-20/h4-9,11-13,18H,10H2,1-3H3,(H,19,21). The number of benzene rings is 1. The van der Waals surface area contributed by atoms with E-state index >= 15 is 0 Å². The Kier molecular flexibility index (Phi) is 5.11. The molecule has 0 saturated carbocycles. The van der Waals surface area contributed by atoms with Crippen molar-refractivity contribution in [1.29, 1.82) is 0 Å². The van der Waals surface area contributed by atoms with E-state index in [4.69, 9.17) is 0 Å². The van der Waals surface area contributed by atoms with Crippen molar-refractivity contribution >= 4 is 5.91 Å². The number of carbonyl (C=O) groups is 1. The number of carbonyl (C=O) groups excluding carboxylic acids is 1. The van der Waals surface area contributed by atoms with Gasteiger partial charge in [0.05, 0.1) is 12.4 Å². The van der Waals surface area contributed by atoms with Crippen LogP contribution in [0.15, 0.2) is 43.0 Å². The van der Waals surface area contributed by atoms with Crippen molar-refractivity contribution in [1.82, 2.24) is 20.2 Å². The number of aromatic nitrogens is 2. The van der Waals surface area contributed by atoms with Crippen molar-refractivity contribution in [2.75, 3.05) is 0 Å². The molecule has 112 valence electrons. The molecule has 1 aromatic carbocycles. The Balaban J connectivity index is 1.88. The number of hydrogen-bond acceptors (Lipinski definition) is 3. The fourth-order valence-corrected chi connectivity index (χ4v) is 1.97. The van der Waals surface area contributed by atoms with Gasteiger partial charge in [-0.2, -0.15) is 0 Å². The van der Waals surface area contributed by atoms with E-state index in [1.165, 1.54) is 0 Å². The van der Waals surface area contributed by atoms with Gasteiger partial charge in [-0.15, -0.1) is 0 Å². The lowest BCUT2D eigenvalue weighted by atomic mass is 10.2. The van der Waals surface area contributed by atoms with Crippen molar-refractivity contribution in [3.05, 3.63) is 48.5 Å². The molecule has 1 heterocycles. The number of rotatable bonds is 6. The maximum absolute atomic E-state index is 11.8. The number of nitrogens with one attached hydrogen (secondary N) is 2. The maximum Gasteiger partial charge on any atom is 0.237 e. The summed E-state index contributed by atoms with van der Waals surface area (Å²) in [5.74, 6) is 0.0278. The van der Waals surface area contributed by atoms with Crippen LogP contribution in [0.25, 0.3) is 5.69 Å². The van der Waals surface area contributed by atoms with Crippen LogP contribution in [0.5, 0.6) is 0 Å². The molecule has 0 fully saturated rings. The van der Waals surface area contributed by atoms with Gasteiger partial charge < -0.3 is 15.2 Å². The molecule has 1 aromatic heterocycles. The molecule has 1 unspecified atom stereocenters. The zero-order valence-corrected chi connectivity index (χ0v) is 12.7. The highest BCUT2D eigenvalue weighted by Gasteiger charge is 2.12. The molecule has 2 rings (SSSR count). The Labute approximate surface area is 125 Å². The first-order chi connectivity index (χ1) is 10.1. The predicted molar refractivity (Wildman–Crippen MR) is 83.1 cm³/mol. The van der Waals surface area contributed by atoms with Crippen molar-refractivity contribution in [3.63, 3.8) is 0 Å². The summed E-state index contributed by atoms with van der Waals surface area (Å²) < 4.78 is 1.95. The summed E-state index contributed by atoms with van der Waals surface area (Å²) in [6.07, 6.45) is 5.43. The smallest absolute Gasteiger partial charge is 0.237 e. The molecule has 21 heavy (non-hydrogen) atoms. The van der Waals surface area contributed by atoms with Crippen LogP contribution >= 0.6 is 0 Å². The molecule has 2 N–H and O–H groups in total. The number of hydrogen-bond donors (Lipinski definition) is 2. The second-order valence-electron chi connectivity index (χ2n) is 5.40. The van der Waals surface area contributed by atoms with Crippen LogP contribution in [0.1, 0.15) is 26.3 Å². The first-order valence-electron chi connectivity index (χ1n) is 7.17. The van der Waals surface area contributed by atoms with Crippen molar-refractivity contribution in [3.8, 4) is 5.69 Å². The van der Waals surface area contributed by atoms with E-state index in [1.807, 2.05) is 43.7 Å². The van der Waals surface area contributed by atoms with Crippen LogP contribution in [-0.4, -0.2) is 27.5 Å². The van der Waals surface area contributed by atoms with Crippen LogP contribution in [0, 0.1) is 0 Å². The minimum atomic E-state index is -0.208. The van der Waals surface area contributed by atoms with Gasteiger partial charge in [-0.05, 0) is 38.5 Å². The summed E-state index contributed by atoms with van der Waals surface area (Å²) in [4.78, 5) is 15.8. The normalized spacial score (nSPS) is 12.4. The monoisotopic (exact) mass is 286 g/mol. The van der Waals surface area contributed by atoms with E-state index < -0.39 is 0 Å². The highest BCUT2D eigenvalue weighted by molar-refractivity contribution is 5.81. The summed E-state index contributed by atoms with van der Waals surface area (Å²) in [7, 11) is 0. The highest BCUT2D eigenvalue weighted by atomic mass is 16.2. The third-order valence-electron chi connectivity index (χ3n) is 3.18. The first kappa shape index (κ1) is 15.3. The highest BCUT2D eigenvalue weighted by Crippen LogP contribution is 2.09. The quantitative estimate of drug-likeness (QED) is 0.852. The topological polar surface area (TPSA) is 59.0 Å². The lowest BCUT2D eigenvalue weighted by Crippen LogP contribution is -2.44. The summed E-state index contributed by atoms with van der Waals surface area (Å²) in [5, 5.41) is 6.12. The molecule has 0 bridgehead atoms. The summed E-state index contributed by atoms with van der Waals surface area (Å²) >= 11 is 0. The molecule has 0 aliphatic heterocycles. The maximum atomic E-state index is 11.8. The molecular formula is C16H22N4O. The molecule has 0 radical (unpaired) electrons. The van der Waals surface area contributed by atoms with Gasteiger partial charge in [-0.1, -0.05) is 12.1 Å². The first-order valence-corrected chi connectivity index (χ1v) is 7.17. The van der Waals surface area contributed by atoms with Gasteiger partial charge in [0.15, 0.2) is 0 Å². The average molecular weight is 286 g/mol. The van der Waals surface area contributed by atoms with Gasteiger partial charge in [0.25, 0.3) is 0 Å². The van der Waals surface area contributed by atoms with Crippen LogP contribution in [-0.2, 0) is 11.3 Å². The van der Waals surface area contributed by atoms with Crippen LogP contribution in [0.3, 0.4) is 0 Å². The predicted octanol–water partition coefficient (Wildman–Crippen LogP) is 1.87. The minimum Gasteiger partial charge on any atom is -0.353 e. The molecule has 0 spiro atoms. The van der Waals surface area contributed by atoms with Crippen molar-refractivity contribution in [2.24, 2.45) is 0 Å². The number of nitrogens with zero attached hydrogens (tertiary/aromatic N) is 2. The zero-order chi connectivity index (χ0) is 15.2. The summed E-state index contributed by atoms with van der Waals surface area (Å²) in [5.41, 5.74) is 2.21. The lowest BCUT2D eigenvalue weighted by molar-refractivity contribution is -0.123. The van der Waals surface area contributed by atoms with Crippen LogP contribution < -0.4 is 10.6 Å². The average Bonchev–Trinajstić information content (AvgIpc) is 2.98. The van der Waals surface area contributed by atoms with Gasteiger partial charge in [-0.3, -0.25) is 4.79 Å². The van der Waals surface area contributed by atoms with E-state index in [9.17, 15) is 4.79 Å². The van der Waals surface area contributed by atoms with Crippen molar-refractivity contribution < 1.29 is 4.79 Å². The molecule has 0 aliphatic rings. The molecular weight excluding hydrogens is 264 g/mol. The third-order valence-corrected chi connectivity index (χ3v) is 3.18. The van der Waals surface area contributed by atoms with E-state index in [-0.39, 0.29) is 18.0 Å². The van der Waals surface area contributed by atoms with E-state index in [0.717, 1.165) is 11.3 Å². The number of amides is 1. The Bertz CT molecular complexity index is 560. The van der Waals surface area contributed by atoms with Gasteiger partial charge in [0.2, 0.25) is 5.91 Å². The Morgan fingerprint density at radius 1 is 1.24 bits per heavy atom. The molecule has 2 aromatic rings. The zero-order valence-electron chi connectivity index (χ0n) is 12.7. The molecule has 0 aliphatic carbocycles. The van der Waals surface area contributed by atoms with E-state index in [0.29, 0.717) is 6.54 Å². The fourth-order valence-electron chi connectivity index (χ4n) is 1.97. The SMILES string of the molecule is CC(C)NC(=O)C(C)NCc1ccc(-n2ccnc2)cc1. The van der Waals surface area contributed by atoms with Crippen LogP contribution in [0.4, 0.5) is 0 Å². The molecule has 5 nitrogen and oxygen atoms in total. The second kappa shape index (κ2) is 7.04. The van der Waals surface area contributed by atoms with Gasteiger partial charge >= 0.3 is 0 Å². The fraction of sp³-hybridized carbons (Fsp3) is 0.375. The van der Waals surface area contributed by atoms with Crippen molar-refractivity contribution in [2.45, 2.75) is 39.4 Å². The Morgan fingerprint density at radius 2 is 1.95 bits per heavy atom. The second-order valence-corrected chi connectivity index (χ2v) is 5.40. The molecule has 1 atom stereocenters. The molecule has 5 heteroatoms.